The zero-order valence-electron chi connectivity index (χ0n) is 12.9. The Morgan fingerprint density at radius 1 is 1.04 bits per heavy atom. The van der Waals surface area contributed by atoms with E-state index in [1.165, 1.54) is 12.1 Å². The SMILES string of the molecule is NC(=O)NC1CCC(C(=O)ON2C(=O)c3ccccc3C2=O)CC1. The average Bonchev–Trinajstić information content (AvgIpc) is 2.80. The number of hydroxylamine groups is 2. The summed E-state index contributed by atoms with van der Waals surface area (Å²) in [6, 6.07) is 5.66. The van der Waals surface area contributed by atoms with Gasteiger partial charge in [0.05, 0.1) is 17.0 Å². The van der Waals surface area contributed by atoms with Crippen LogP contribution in [0.4, 0.5) is 4.79 Å². The molecule has 0 spiro atoms. The van der Waals surface area contributed by atoms with Gasteiger partial charge in [-0.1, -0.05) is 17.2 Å². The van der Waals surface area contributed by atoms with Gasteiger partial charge < -0.3 is 15.9 Å². The molecule has 3 rings (SSSR count). The molecule has 1 aliphatic heterocycles. The molecule has 24 heavy (non-hydrogen) atoms. The van der Waals surface area contributed by atoms with Crippen LogP contribution in [0, 0.1) is 5.92 Å². The fourth-order valence-electron chi connectivity index (χ4n) is 3.09. The second-order valence-electron chi connectivity index (χ2n) is 5.92. The summed E-state index contributed by atoms with van der Waals surface area (Å²) >= 11 is 0. The standard InChI is InChI=1S/C16H17N3O5/c17-16(23)18-10-7-5-9(6-8-10)15(22)24-19-13(20)11-3-1-2-4-12(11)14(19)21/h1-4,9-10H,5-8H2,(H3,17,18,23). The van der Waals surface area contributed by atoms with Crippen LogP contribution in [0.5, 0.6) is 0 Å². The zero-order chi connectivity index (χ0) is 17.3. The maximum atomic E-state index is 12.2. The highest BCUT2D eigenvalue weighted by atomic mass is 16.7. The highest BCUT2D eigenvalue weighted by molar-refractivity contribution is 6.20. The Kier molecular flexibility index (Phi) is 4.20. The maximum Gasteiger partial charge on any atom is 0.336 e. The maximum absolute atomic E-state index is 12.2. The van der Waals surface area contributed by atoms with Crippen molar-refractivity contribution in [3.8, 4) is 0 Å². The van der Waals surface area contributed by atoms with E-state index in [0.717, 1.165) is 0 Å². The van der Waals surface area contributed by atoms with Crippen LogP contribution in [0.15, 0.2) is 24.3 Å². The van der Waals surface area contributed by atoms with E-state index in [1.807, 2.05) is 0 Å². The number of hydrogen-bond acceptors (Lipinski definition) is 5. The summed E-state index contributed by atoms with van der Waals surface area (Å²) in [6.07, 6.45) is 2.16. The zero-order valence-corrected chi connectivity index (χ0v) is 12.9. The summed E-state index contributed by atoms with van der Waals surface area (Å²) in [5.41, 5.74) is 5.53. The molecule has 0 radical (unpaired) electrons. The first-order valence-corrected chi connectivity index (χ1v) is 7.73. The lowest BCUT2D eigenvalue weighted by atomic mass is 9.86. The minimum Gasteiger partial charge on any atom is -0.352 e. The van der Waals surface area contributed by atoms with Gasteiger partial charge in [0, 0.05) is 6.04 Å². The van der Waals surface area contributed by atoms with Gasteiger partial charge in [-0.3, -0.25) is 9.59 Å². The van der Waals surface area contributed by atoms with Gasteiger partial charge in [0.25, 0.3) is 11.8 Å². The molecule has 8 nitrogen and oxygen atoms in total. The van der Waals surface area contributed by atoms with E-state index in [4.69, 9.17) is 10.6 Å². The molecule has 0 unspecified atom stereocenters. The van der Waals surface area contributed by atoms with Crippen molar-refractivity contribution in [2.75, 3.05) is 0 Å². The van der Waals surface area contributed by atoms with Gasteiger partial charge in [-0.2, -0.15) is 0 Å². The predicted molar refractivity (Wildman–Crippen MR) is 81.5 cm³/mol. The third kappa shape index (κ3) is 2.94. The summed E-state index contributed by atoms with van der Waals surface area (Å²) in [5, 5.41) is 3.14. The Hall–Kier alpha value is -2.90. The molecule has 1 heterocycles. The number of rotatable bonds is 3. The van der Waals surface area contributed by atoms with Crippen molar-refractivity contribution < 1.29 is 24.0 Å². The Morgan fingerprint density at radius 2 is 1.58 bits per heavy atom. The molecule has 126 valence electrons. The van der Waals surface area contributed by atoms with Gasteiger partial charge in [-0.15, -0.1) is 0 Å². The topological polar surface area (TPSA) is 119 Å². The normalized spacial score (nSPS) is 22.9. The van der Waals surface area contributed by atoms with Gasteiger partial charge in [-0.05, 0) is 37.8 Å². The molecule has 1 fully saturated rings. The number of benzene rings is 1. The van der Waals surface area contributed by atoms with Crippen LogP contribution < -0.4 is 11.1 Å². The van der Waals surface area contributed by atoms with Gasteiger partial charge >= 0.3 is 12.0 Å². The van der Waals surface area contributed by atoms with Gasteiger partial charge in [0.2, 0.25) is 0 Å². The quantitative estimate of drug-likeness (QED) is 0.800. The Bertz CT molecular complexity index is 674. The molecule has 2 aliphatic rings. The predicted octanol–water partition coefficient (Wildman–Crippen LogP) is 0.968. The minimum absolute atomic E-state index is 0.0640. The lowest BCUT2D eigenvalue weighted by molar-refractivity contribution is -0.174. The molecule has 1 aromatic carbocycles. The van der Waals surface area contributed by atoms with Crippen LogP contribution in [-0.2, 0) is 9.63 Å². The Morgan fingerprint density at radius 3 is 2.08 bits per heavy atom. The number of carbonyl (C=O) groups is 4. The number of nitrogens with one attached hydrogen (secondary N) is 1. The molecule has 1 saturated carbocycles. The molecule has 0 atom stereocenters. The van der Waals surface area contributed by atoms with Crippen LogP contribution in [0.25, 0.3) is 0 Å². The lowest BCUT2D eigenvalue weighted by Gasteiger charge is -2.27. The second-order valence-corrected chi connectivity index (χ2v) is 5.92. The van der Waals surface area contributed by atoms with E-state index in [0.29, 0.717) is 30.7 Å². The van der Waals surface area contributed by atoms with Crippen LogP contribution in [0.1, 0.15) is 46.4 Å². The molecule has 1 aliphatic carbocycles. The number of hydrogen-bond donors (Lipinski definition) is 2. The van der Waals surface area contributed by atoms with Crippen molar-refractivity contribution in [2.24, 2.45) is 11.7 Å². The van der Waals surface area contributed by atoms with Gasteiger partial charge in [0.15, 0.2) is 0 Å². The van der Waals surface area contributed by atoms with E-state index in [1.54, 1.807) is 12.1 Å². The first kappa shape index (κ1) is 16.0. The first-order valence-electron chi connectivity index (χ1n) is 7.73. The van der Waals surface area contributed by atoms with E-state index >= 15 is 0 Å². The smallest absolute Gasteiger partial charge is 0.336 e. The molecule has 0 bridgehead atoms. The van der Waals surface area contributed by atoms with E-state index in [-0.39, 0.29) is 17.2 Å². The van der Waals surface area contributed by atoms with Crippen molar-refractivity contribution in [3.63, 3.8) is 0 Å². The van der Waals surface area contributed by atoms with Gasteiger partial charge in [0.1, 0.15) is 0 Å². The van der Waals surface area contributed by atoms with Crippen molar-refractivity contribution in [2.45, 2.75) is 31.7 Å². The van der Waals surface area contributed by atoms with Crippen LogP contribution in [0.2, 0.25) is 0 Å². The molecule has 3 N–H and O–H groups in total. The largest absolute Gasteiger partial charge is 0.352 e. The number of primary amides is 1. The number of fused-ring (bicyclic) bond motifs is 1. The minimum atomic E-state index is -0.631. The number of urea groups is 1. The third-order valence-corrected chi connectivity index (χ3v) is 4.34. The first-order chi connectivity index (χ1) is 11.5. The van der Waals surface area contributed by atoms with E-state index < -0.39 is 29.7 Å². The lowest BCUT2D eigenvalue weighted by Crippen LogP contribution is -2.42. The number of nitrogens with two attached hydrogens (primary N) is 1. The molecule has 0 saturated heterocycles. The summed E-state index contributed by atoms with van der Waals surface area (Å²) in [4.78, 5) is 52.5. The molecular formula is C16H17N3O5. The summed E-state index contributed by atoms with van der Waals surface area (Å²) in [7, 11) is 0. The molecule has 4 amide bonds. The van der Waals surface area contributed by atoms with Crippen LogP contribution in [-0.4, -0.2) is 34.9 Å². The second kappa shape index (κ2) is 6.31. The van der Waals surface area contributed by atoms with Crippen LogP contribution in [0.3, 0.4) is 0 Å². The summed E-state index contributed by atoms with van der Waals surface area (Å²) < 4.78 is 0. The Balaban J connectivity index is 1.60. The van der Waals surface area contributed by atoms with Crippen molar-refractivity contribution in [3.05, 3.63) is 35.4 Å². The van der Waals surface area contributed by atoms with Crippen molar-refractivity contribution in [1.29, 1.82) is 0 Å². The highest BCUT2D eigenvalue weighted by Gasteiger charge is 2.40. The fraction of sp³-hybridized carbons (Fsp3) is 0.375. The van der Waals surface area contributed by atoms with E-state index in [9.17, 15) is 19.2 Å². The number of amides is 4. The van der Waals surface area contributed by atoms with E-state index in [2.05, 4.69) is 5.32 Å². The van der Waals surface area contributed by atoms with Gasteiger partial charge in [-0.25, -0.2) is 9.59 Å². The molecular weight excluding hydrogens is 314 g/mol. The Labute approximate surface area is 137 Å². The average molecular weight is 331 g/mol. The number of imide groups is 1. The summed E-state index contributed by atoms with van der Waals surface area (Å²) in [5.74, 6) is -2.29. The number of nitrogens with zero attached hydrogens (tertiary/aromatic N) is 1. The fourth-order valence-corrected chi connectivity index (χ4v) is 3.09. The van der Waals surface area contributed by atoms with Crippen LogP contribution >= 0.6 is 0 Å². The summed E-state index contributed by atoms with van der Waals surface area (Å²) in [6.45, 7) is 0. The highest BCUT2D eigenvalue weighted by Crippen LogP contribution is 2.28. The molecule has 8 heteroatoms. The molecule has 1 aromatic rings. The monoisotopic (exact) mass is 331 g/mol. The molecule has 0 aromatic heterocycles. The number of carbonyl (C=O) groups excluding carboxylic acids is 4. The van der Waals surface area contributed by atoms with Crippen molar-refractivity contribution >= 4 is 23.8 Å². The van der Waals surface area contributed by atoms with Crippen molar-refractivity contribution in [1.82, 2.24) is 10.4 Å². The third-order valence-electron chi connectivity index (χ3n) is 4.34.